The fourth-order valence-corrected chi connectivity index (χ4v) is 1.72. The summed E-state index contributed by atoms with van der Waals surface area (Å²) in [4.78, 5) is 35.3. The van der Waals surface area contributed by atoms with Gasteiger partial charge in [-0.05, 0) is 18.8 Å². The molecule has 3 unspecified atom stereocenters. The Kier molecular flexibility index (Phi) is 10.4. The lowest BCUT2D eigenvalue weighted by Crippen LogP contribution is -2.38. The van der Waals surface area contributed by atoms with Crippen molar-refractivity contribution in [2.75, 3.05) is 0 Å². The van der Waals surface area contributed by atoms with Gasteiger partial charge >= 0.3 is 17.9 Å². The number of hydrogen-bond donors (Lipinski definition) is 2. The van der Waals surface area contributed by atoms with Crippen LogP contribution in [-0.4, -0.2) is 46.4 Å². The molecule has 0 radical (unpaired) electrons. The van der Waals surface area contributed by atoms with E-state index in [9.17, 15) is 24.6 Å². The number of rotatable bonds is 10. The van der Waals surface area contributed by atoms with Crippen molar-refractivity contribution in [3.63, 3.8) is 0 Å². The summed E-state index contributed by atoms with van der Waals surface area (Å²) in [6, 6.07) is 0. The molecule has 0 spiro atoms. The molecule has 0 fully saturated rings. The summed E-state index contributed by atoms with van der Waals surface area (Å²) < 4.78 is 9.52. The molecule has 0 amide bonds. The van der Waals surface area contributed by atoms with Crippen molar-refractivity contribution in [3.8, 4) is 0 Å². The van der Waals surface area contributed by atoms with Gasteiger partial charge in [-0.25, -0.2) is 14.4 Å². The summed E-state index contributed by atoms with van der Waals surface area (Å²) >= 11 is 0. The van der Waals surface area contributed by atoms with Gasteiger partial charge in [0.1, 0.15) is 0 Å². The van der Waals surface area contributed by atoms with E-state index < -0.39 is 36.2 Å². The number of aliphatic hydroxyl groups is 2. The van der Waals surface area contributed by atoms with Crippen LogP contribution in [0.25, 0.3) is 0 Å². The Morgan fingerprint density at radius 3 is 2.00 bits per heavy atom. The van der Waals surface area contributed by atoms with Crippen molar-refractivity contribution in [1.29, 1.82) is 0 Å². The lowest BCUT2D eigenvalue weighted by molar-refractivity contribution is -0.181. The van der Waals surface area contributed by atoms with Crippen LogP contribution in [0.4, 0.5) is 0 Å². The molecule has 0 saturated carbocycles. The Labute approximate surface area is 137 Å². The van der Waals surface area contributed by atoms with Crippen LogP contribution >= 0.6 is 0 Å². The Balaban J connectivity index is 4.67. The fraction of sp³-hybridized carbons (Fsp3) is 0.812. The third-order valence-electron chi connectivity index (χ3n) is 3.25. The van der Waals surface area contributed by atoms with Gasteiger partial charge in [-0.3, -0.25) is 0 Å². The molecule has 134 valence electrons. The van der Waals surface area contributed by atoms with Crippen LogP contribution in [0.1, 0.15) is 59.8 Å². The maximum Gasteiger partial charge on any atom is 0.355 e. The minimum absolute atomic E-state index is 0.160. The maximum absolute atomic E-state index is 11.9. The molecule has 0 aromatic carbocycles. The molecule has 0 aliphatic carbocycles. The Hall–Kier alpha value is -1.47. The van der Waals surface area contributed by atoms with E-state index in [0.29, 0.717) is 12.8 Å². The molecular weight excluding hydrogens is 304 g/mol. The van der Waals surface area contributed by atoms with Crippen molar-refractivity contribution in [2.45, 2.75) is 78.1 Å². The number of unbranched alkanes of at least 4 members (excludes halogenated alkanes) is 1. The van der Waals surface area contributed by atoms with Crippen LogP contribution in [-0.2, 0) is 23.9 Å². The number of carbonyl (C=O) groups excluding carboxylic acids is 3. The van der Waals surface area contributed by atoms with Crippen LogP contribution in [0.5, 0.6) is 0 Å². The molecule has 0 bridgehead atoms. The van der Waals surface area contributed by atoms with E-state index in [2.05, 4.69) is 4.74 Å². The molecule has 2 N–H and O–H groups in total. The Morgan fingerprint density at radius 1 is 0.913 bits per heavy atom. The molecular formula is C16H28O7. The average molecular weight is 332 g/mol. The van der Waals surface area contributed by atoms with Crippen LogP contribution in [0.15, 0.2) is 0 Å². The topological polar surface area (TPSA) is 110 Å². The number of esters is 3. The zero-order chi connectivity index (χ0) is 18.0. The Morgan fingerprint density at radius 2 is 1.52 bits per heavy atom. The van der Waals surface area contributed by atoms with Crippen LogP contribution in [0.2, 0.25) is 0 Å². The third-order valence-corrected chi connectivity index (χ3v) is 3.25. The molecule has 7 heteroatoms. The highest BCUT2D eigenvalue weighted by Gasteiger charge is 2.31. The minimum Gasteiger partial charge on any atom is -0.448 e. The van der Waals surface area contributed by atoms with E-state index in [-0.39, 0.29) is 18.8 Å². The summed E-state index contributed by atoms with van der Waals surface area (Å²) in [7, 11) is 0. The first kappa shape index (κ1) is 21.5. The maximum atomic E-state index is 11.9. The van der Waals surface area contributed by atoms with Gasteiger partial charge < -0.3 is 19.7 Å². The van der Waals surface area contributed by atoms with Gasteiger partial charge in [0.05, 0.1) is 0 Å². The van der Waals surface area contributed by atoms with Gasteiger partial charge in [0.15, 0.2) is 18.3 Å². The van der Waals surface area contributed by atoms with Crippen molar-refractivity contribution >= 4 is 17.9 Å². The lowest BCUT2D eigenvalue weighted by Gasteiger charge is -2.19. The number of ether oxygens (including phenoxy) is 2. The SMILES string of the molecule is CCCCC(O)C(=O)OC(=O)C(CCC)OC(=O)C(O)C(C)C. The second kappa shape index (κ2) is 11.1. The summed E-state index contributed by atoms with van der Waals surface area (Å²) in [5.74, 6) is -3.38. The highest BCUT2D eigenvalue weighted by molar-refractivity contribution is 5.91. The molecule has 0 aromatic rings. The smallest absolute Gasteiger partial charge is 0.355 e. The zero-order valence-corrected chi connectivity index (χ0v) is 14.3. The van der Waals surface area contributed by atoms with Crippen LogP contribution < -0.4 is 0 Å². The van der Waals surface area contributed by atoms with Gasteiger partial charge in [-0.2, -0.15) is 0 Å². The predicted octanol–water partition coefficient (Wildman–Crippen LogP) is 1.34. The van der Waals surface area contributed by atoms with Gasteiger partial charge in [0.25, 0.3) is 0 Å². The summed E-state index contributed by atoms with van der Waals surface area (Å²) in [5, 5.41) is 19.2. The normalized spacial score (nSPS) is 14.9. The quantitative estimate of drug-likeness (QED) is 0.459. The summed E-state index contributed by atoms with van der Waals surface area (Å²) in [6.07, 6.45) is -1.72. The third kappa shape index (κ3) is 8.08. The first-order valence-electron chi connectivity index (χ1n) is 8.06. The lowest BCUT2D eigenvalue weighted by atomic mass is 10.1. The van der Waals surface area contributed by atoms with E-state index in [4.69, 9.17) is 4.74 Å². The van der Waals surface area contributed by atoms with Crippen LogP contribution in [0.3, 0.4) is 0 Å². The van der Waals surface area contributed by atoms with Crippen LogP contribution in [0, 0.1) is 5.92 Å². The van der Waals surface area contributed by atoms with Gasteiger partial charge in [0.2, 0.25) is 0 Å². The Bertz CT molecular complexity index is 392. The standard InChI is InChI=1S/C16H28O7/c1-5-7-9-11(17)14(19)23-15(20)12(8-6-2)22-16(21)13(18)10(3)4/h10-13,17-18H,5-9H2,1-4H3. The molecule has 0 rings (SSSR count). The zero-order valence-electron chi connectivity index (χ0n) is 14.3. The molecule has 0 aromatic heterocycles. The molecule has 0 aliphatic rings. The predicted molar refractivity (Wildman–Crippen MR) is 82.3 cm³/mol. The molecule has 0 saturated heterocycles. The van der Waals surface area contributed by atoms with E-state index in [1.54, 1.807) is 20.8 Å². The van der Waals surface area contributed by atoms with Gasteiger partial charge in [0, 0.05) is 0 Å². The molecule has 7 nitrogen and oxygen atoms in total. The monoisotopic (exact) mass is 332 g/mol. The van der Waals surface area contributed by atoms with E-state index >= 15 is 0 Å². The van der Waals surface area contributed by atoms with E-state index in [1.165, 1.54) is 0 Å². The second-order valence-electron chi connectivity index (χ2n) is 5.80. The van der Waals surface area contributed by atoms with Gasteiger partial charge in [-0.1, -0.05) is 47.0 Å². The van der Waals surface area contributed by atoms with Crippen molar-refractivity contribution in [1.82, 2.24) is 0 Å². The van der Waals surface area contributed by atoms with E-state index in [1.807, 2.05) is 6.92 Å². The van der Waals surface area contributed by atoms with E-state index in [0.717, 1.165) is 6.42 Å². The highest BCUT2D eigenvalue weighted by Crippen LogP contribution is 2.11. The summed E-state index contributed by atoms with van der Waals surface area (Å²) in [5.41, 5.74) is 0. The fourth-order valence-electron chi connectivity index (χ4n) is 1.72. The summed E-state index contributed by atoms with van der Waals surface area (Å²) in [6.45, 7) is 6.93. The first-order valence-corrected chi connectivity index (χ1v) is 8.06. The van der Waals surface area contributed by atoms with Gasteiger partial charge in [-0.15, -0.1) is 0 Å². The molecule has 23 heavy (non-hydrogen) atoms. The van der Waals surface area contributed by atoms with Crippen molar-refractivity contribution < 1.29 is 34.1 Å². The first-order chi connectivity index (χ1) is 10.7. The molecule has 0 aliphatic heterocycles. The average Bonchev–Trinajstić information content (AvgIpc) is 2.50. The number of aliphatic hydroxyl groups excluding tert-OH is 2. The van der Waals surface area contributed by atoms with Crippen molar-refractivity contribution in [2.24, 2.45) is 5.92 Å². The highest BCUT2D eigenvalue weighted by atomic mass is 16.6. The molecule has 3 atom stereocenters. The molecule has 0 heterocycles. The minimum atomic E-state index is -1.38. The number of hydrogen-bond acceptors (Lipinski definition) is 7. The largest absolute Gasteiger partial charge is 0.448 e. The number of carbonyl (C=O) groups is 3. The second-order valence-corrected chi connectivity index (χ2v) is 5.80. The van der Waals surface area contributed by atoms with Crippen molar-refractivity contribution in [3.05, 3.63) is 0 Å².